The van der Waals surface area contributed by atoms with Gasteiger partial charge in [0.25, 0.3) is 6.01 Å². The average molecular weight is 399 g/mol. The number of rotatable bonds is 3. The number of piperazine rings is 1. The predicted molar refractivity (Wildman–Crippen MR) is 112 cm³/mol. The highest BCUT2D eigenvalue weighted by Gasteiger charge is 2.52. The van der Waals surface area contributed by atoms with Crippen LogP contribution in [0.25, 0.3) is 21.7 Å². The molecular weight excluding hydrogens is 372 g/mol. The van der Waals surface area contributed by atoms with Crippen LogP contribution in [0.3, 0.4) is 0 Å². The molecule has 2 fully saturated rings. The van der Waals surface area contributed by atoms with E-state index in [2.05, 4.69) is 36.0 Å². The standard InChI is InChI=1S/C21H26N4O2S/c1-20(2,3)21-5-4-14(24-21)10-25(12-21)19-23-16-9-13(11-26)8-15(17(16)27-19)18-22-6-7-28-18/h6-9,14,24,26H,4-5,10-12H2,1-3H3. The van der Waals surface area contributed by atoms with E-state index in [-0.39, 0.29) is 17.6 Å². The van der Waals surface area contributed by atoms with E-state index in [0.29, 0.717) is 12.1 Å². The van der Waals surface area contributed by atoms with Gasteiger partial charge in [-0.15, -0.1) is 11.3 Å². The van der Waals surface area contributed by atoms with Crippen molar-refractivity contribution in [3.63, 3.8) is 0 Å². The molecule has 0 spiro atoms. The van der Waals surface area contributed by atoms with Gasteiger partial charge in [0.05, 0.1) is 12.2 Å². The first-order chi connectivity index (χ1) is 13.4. The van der Waals surface area contributed by atoms with Crippen molar-refractivity contribution in [1.82, 2.24) is 15.3 Å². The molecule has 0 saturated carbocycles. The first kappa shape index (κ1) is 18.1. The van der Waals surface area contributed by atoms with Gasteiger partial charge in [0.1, 0.15) is 10.5 Å². The fourth-order valence-corrected chi connectivity index (χ4v) is 5.32. The van der Waals surface area contributed by atoms with E-state index >= 15 is 0 Å². The van der Waals surface area contributed by atoms with Crippen molar-refractivity contribution in [3.8, 4) is 10.6 Å². The summed E-state index contributed by atoms with van der Waals surface area (Å²) in [4.78, 5) is 11.6. The van der Waals surface area contributed by atoms with Crippen LogP contribution in [0.5, 0.6) is 0 Å². The number of aromatic nitrogens is 2. The van der Waals surface area contributed by atoms with Crippen LogP contribution in [0, 0.1) is 5.41 Å². The van der Waals surface area contributed by atoms with E-state index in [4.69, 9.17) is 9.40 Å². The normalized spacial score (nSPS) is 25.0. The lowest BCUT2D eigenvalue weighted by atomic mass is 9.72. The number of hydrogen-bond donors (Lipinski definition) is 2. The second kappa shape index (κ2) is 6.27. The van der Waals surface area contributed by atoms with Gasteiger partial charge in [-0.3, -0.25) is 0 Å². The van der Waals surface area contributed by atoms with Gasteiger partial charge in [0.15, 0.2) is 5.58 Å². The molecule has 2 atom stereocenters. The minimum absolute atomic E-state index is 0.0284. The summed E-state index contributed by atoms with van der Waals surface area (Å²) < 4.78 is 6.32. The molecule has 3 aromatic rings. The minimum Gasteiger partial charge on any atom is -0.423 e. The Balaban J connectivity index is 1.58. The molecule has 2 aliphatic rings. The molecule has 148 valence electrons. The van der Waals surface area contributed by atoms with Gasteiger partial charge < -0.3 is 19.7 Å². The number of nitrogens with zero attached hydrogens (tertiary/aromatic N) is 3. The summed E-state index contributed by atoms with van der Waals surface area (Å²) in [5.74, 6) is 0. The largest absolute Gasteiger partial charge is 0.423 e. The predicted octanol–water partition coefficient (Wildman–Crippen LogP) is 3.80. The van der Waals surface area contributed by atoms with E-state index in [9.17, 15) is 5.11 Å². The van der Waals surface area contributed by atoms with Crippen molar-refractivity contribution < 1.29 is 9.52 Å². The van der Waals surface area contributed by atoms with Crippen LogP contribution in [-0.2, 0) is 6.61 Å². The molecule has 2 bridgehead atoms. The fourth-order valence-electron chi connectivity index (χ4n) is 4.67. The Morgan fingerprint density at radius 2 is 2.25 bits per heavy atom. The van der Waals surface area contributed by atoms with E-state index in [1.807, 2.05) is 17.5 Å². The van der Waals surface area contributed by atoms with Crippen molar-refractivity contribution in [2.45, 2.75) is 51.8 Å². The van der Waals surface area contributed by atoms with E-state index in [1.165, 1.54) is 12.8 Å². The third-order valence-corrected chi connectivity index (χ3v) is 7.20. The number of fused-ring (bicyclic) bond motifs is 3. The van der Waals surface area contributed by atoms with Crippen LogP contribution >= 0.6 is 11.3 Å². The van der Waals surface area contributed by atoms with Crippen molar-refractivity contribution in [2.75, 3.05) is 18.0 Å². The van der Waals surface area contributed by atoms with Crippen LogP contribution in [0.2, 0.25) is 0 Å². The number of nitrogens with one attached hydrogen (secondary N) is 1. The topological polar surface area (TPSA) is 74.4 Å². The quantitative estimate of drug-likeness (QED) is 0.699. The molecular formula is C21H26N4O2S. The van der Waals surface area contributed by atoms with Crippen molar-refractivity contribution >= 4 is 28.5 Å². The Morgan fingerprint density at radius 3 is 2.96 bits per heavy atom. The van der Waals surface area contributed by atoms with Crippen LogP contribution in [0.1, 0.15) is 39.2 Å². The molecule has 0 amide bonds. The molecule has 1 aromatic carbocycles. The number of hydrogen-bond acceptors (Lipinski definition) is 7. The summed E-state index contributed by atoms with van der Waals surface area (Å²) >= 11 is 1.56. The molecule has 0 radical (unpaired) electrons. The zero-order valence-electron chi connectivity index (χ0n) is 16.5. The van der Waals surface area contributed by atoms with E-state index in [1.54, 1.807) is 17.5 Å². The molecule has 4 heterocycles. The van der Waals surface area contributed by atoms with Gasteiger partial charge in [0, 0.05) is 36.2 Å². The van der Waals surface area contributed by atoms with Crippen LogP contribution < -0.4 is 10.2 Å². The van der Waals surface area contributed by atoms with Gasteiger partial charge >= 0.3 is 0 Å². The third kappa shape index (κ3) is 2.76. The Bertz CT molecular complexity index is 1010. The average Bonchev–Trinajstić information content (AvgIpc) is 3.39. The van der Waals surface area contributed by atoms with Crippen molar-refractivity contribution in [2.24, 2.45) is 5.41 Å². The van der Waals surface area contributed by atoms with Crippen LogP contribution in [-0.4, -0.2) is 39.7 Å². The van der Waals surface area contributed by atoms with Gasteiger partial charge in [-0.2, -0.15) is 4.98 Å². The summed E-state index contributed by atoms with van der Waals surface area (Å²) in [6.07, 6.45) is 4.15. The zero-order chi connectivity index (χ0) is 19.5. The van der Waals surface area contributed by atoms with Gasteiger partial charge in [-0.05, 0) is 36.0 Å². The SMILES string of the molecule is CC(C)(C)C12CCC(CN(c3nc4cc(CO)cc(-c5nccs5)c4o3)C1)N2. The molecule has 28 heavy (non-hydrogen) atoms. The van der Waals surface area contributed by atoms with Crippen LogP contribution in [0.15, 0.2) is 28.1 Å². The number of thiazole rings is 1. The lowest BCUT2D eigenvalue weighted by Gasteiger charge is -2.48. The summed E-state index contributed by atoms with van der Waals surface area (Å²) in [7, 11) is 0. The number of oxazole rings is 1. The second-order valence-electron chi connectivity index (χ2n) is 9.08. The number of benzene rings is 1. The van der Waals surface area contributed by atoms with Gasteiger partial charge in [-0.1, -0.05) is 20.8 Å². The number of aliphatic hydroxyl groups excluding tert-OH is 1. The van der Waals surface area contributed by atoms with Crippen molar-refractivity contribution in [1.29, 1.82) is 0 Å². The third-order valence-electron chi connectivity index (χ3n) is 6.39. The molecule has 7 heteroatoms. The lowest BCUT2D eigenvalue weighted by Crippen LogP contribution is -2.65. The molecule has 2 aliphatic heterocycles. The summed E-state index contributed by atoms with van der Waals surface area (Å²) in [6.45, 7) is 8.70. The van der Waals surface area contributed by atoms with E-state index in [0.717, 1.165) is 40.3 Å². The minimum atomic E-state index is -0.0284. The summed E-state index contributed by atoms with van der Waals surface area (Å²) in [5.41, 5.74) is 3.48. The summed E-state index contributed by atoms with van der Waals surface area (Å²) in [6, 6.07) is 5.00. The summed E-state index contributed by atoms with van der Waals surface area (Å²) in [5, 5.41) is 16.4. The molecule has 2 aromatic heterocycles. The second-order valence-corrected chi connectivity index (χ2v) is 9.97. The highest BCUT2D eigenvalue weighted by Crippen LogP contribution is 2.44. The molecule has 0 aliphatic carbocycles. The zero-order valence-corrected chi connectivity index (χ0v) is 17.3. The lowest BCUT2D eigenvalue weighted by molar-refractivity contribution is 0.143. The maximum atomic E-state index is 9.68. The molecule has 6 nitrogen and oxygen atoms in total. The maximum Gasteiger partial charge on any atom is 0.298 e. The maximum absolute atomic E-state index is 9.68. The number of anilines is 1. The molecule has 2 saturated heterocycles. The molecule has 2 N–H and O–H groups in total. The Hall–Kier alpha value is -1.96. The highest BCUT2D eigenvalue weighted by atomic mass is 32.1. The first-order valence-electron chi connectivity index (χ1n) is 9.85. The van der Waals surface area contributed by atoms with Gasteiger partial charge in [0.2, 0.25) is 0 Å². The number of aliphatic hydroxyl groups is 1. The van der Waals surface area contributed by atoms with Gasteiger partial charge in [-0.25, -0.2) is 4.98 Å². The Kier molecular flexibility index (Phi) is 4.05. The molecule has 2 unspecified atom stereocenters. The van der Waals surface area contributed by atoms with Crippen molar-refractivity contribution in [3.05, 3.63) is 29.3 Å². The fraction of sp³-hybridized carbons (Fsp3) is 0.524. The Morgan fingerprint density at radius 1 is 1.39 bits per heavy atom. The Labute approximate surface area is 168 Å². The van der Waals surface area contributed by atoms with E-state index < -0.39 is 0 Å². The highest BCUT2D eigenvalue weighted by molar-refractivity contribution is 7.13. The van der Waals surface area contributed by atoms with Crippen LogP contribution in [0.4, 0.5) is 6.01 Å². The smallest absolute Gasteiger partial charge is 0.298 e. The first-order valence-corrected chi connectivity index (χ1v) is 10.7. The molecule has 5 rings (SSSR count). The monoisotopic (exact) mass is 398 g/mol.